The smallest absolute Gasteiger partial charge is 0.183 e. The van der Waals surface area contributed by atoms with Gasteiger partial charge in [0.15, 0.2) is 6.49 Å². The van der Waals surface area contributed by atoms with Gasteiger partial charge in [-0.3, -0.25) is 0 Å². The Bertz CT molecular complexity index is 419. The van der Waals surface area contributed by atoms with Crippen LogP contribution in [0.1, 0.15) is 5.56 Å². The van der Waals surface area contributed by atoms with Crippen molar-refractivity contribution in [2.75, 3.05) is 6.16 Å². The zero-order valence-electron chi connectivity index (χ0n) is 7.45. The number of hydrogen-bond acceptors (Lipinski definition) is 1. The SMILES string of the molecule is OP(O)(=S)CCc1cc(Cl)c(Cl)cc1Cl. The maximum absolute atomic E-state index is 9.07. The van der Waals surface area contributed by atoms with Crippen LogP contribution in [0.15, 0.2) is 12.1 Å². The van der Waals surface area contributed by atoms with Crippen LogP contribution in [-0.4, -0.2) is 15.9 Å². The van der Waals surface area contributed by atoms with E-state index in [1.807, 2.05) is 0 Å². The van der Waals surface area contributed by atoms with Gasteiger partial charge in [-0.15, -0.1) is 0 Å². The number of halogens is 3. The van der Waals surface area contributed by atoms with E-state index in [2.05, 4.69) is 11.8 Å². The number of rotatable bonds is 3. The molecule has 2 N–H and O–H groups in total. The second-order valence-corrected chi connectivity index (χ2v) is 7.75. The first kappa shape index (κ1) is 13.7. The molecule has 0 amide bonds. The molecule has 7 heteroatoms. The summed E-state index contributed by atoms with van der Waals surface area (Å²) in [5, 5.41) is 1.21. The van der Waals surface area contributed by atoms with Gasteiger partial charge in [0, 0.05) is 11.2 Å². The molecule has 0 aliphatic rings. The van der Waals surface area contributed by atoms with Crippen molar-refractivity contribution in [3.63, 3.8) is 0 Å². The number of benzene rings is 1. The average molecular weight is 306 g/mol. The Hall–Kier alpha value is 0.660. The molecule has 1 aromatic rings. The second kappa shape index (κ2) is 5.33. The predicted octanol–water partition coefficient (Wildman–Crippen LogP) is 3.48. The van der Waals surface area contributed by atoms with Crippen LogP contribution >= 0.6 is 41.3 Å². The van der Waals surface area contributed by atoms with Gasteiger partial charge in [0.2, 0.25) is 0 Å². The number of hydrogen-bond donors (Lipinski definition) is 2. The predicted molar refractivity (Wildman–Crippen MR) is 68.8 cm³/mol. The van der Waals surface area contributed by atoms with Crippen LogP contribution in [0.2, 0.25) is 15.1 Å². The van der Waals surface area contributed by atoms with E-state index in [4.69, 9.17) is 44.6 Å². The van der Waals surface area contributed by atoms with Crippen LogP contribution < -0.4 is 0 Å². The zero-order chi connectivity index (χ0) is 11.6. The minimum absolute atomic E-state index is 0.111. The van der Waals surface area contributed by atoms with E-state index in [0.29, 0.717) is 27.1 Å². The fourth-order valence-electron chi connectivity index (χ4n) is 1.02. The van der Waals surface area contributed by atoms with Gasteiger partial charge in [0.25, 0.3) is 0 Å². The Labute approximate surface area is 108 Å². The molecule has 0 saturated carbocycles. The molecule has 0 bridgehead atoms. The van der Waals surface area contributed by atoms with E-state index >= 15 is 0 Å². The molecule has 0 aliphatic carbocycles. The Morgan fingerprint density at radius 3 is 2.13 bits per heavy atom. The summed E-state index contributed by atoms with van der Waals surface area (Å²) >= 11 is 22.0. The van der Waals surface area contributed by atoms with Gasteiger partial charge in [-0.05, 0) is 35.9 Å². The molecule has 2 nitrogen and oxygen atoms in total. The van der Waals surface area contributed by atoms with Crippen LogP contribution in [0.5, 0.6) is 0 Å². The van der Waals surface area contributed by atoms with Crippen molar-refractivity contribution in [1.29, 1.82) is 0 Å². The third-order valence-electron chi connectivity index (χ3n) is 1.76. The summed E-state index contributed by atoms with van der Waals surface area (Å²) in [5.41, 5.74) is 0.711. The van der Waals surface area contributed by atoms with Crippen molar-refractivity contribution >= 4 is 53.1 Å². The van der Waals surface area contributed by atoms with Crippen molar-refractivity contribution in [2.24, 2.45) is 0 Å². The summed E-state index contributed by atoms with van der Waals surface area (Å²) in [6.07, 6.45) is 0.486. The Kier molecular flexibility index (Phi) is 4.87. The first-order valence-corrected chi connectivity index (χ1v) is 8.00. The molecule has 0 aliphatic heterocycles. The molecule has 0 atom stereocenters. The topological polar surface area (TPSA) is 40.5 Å². The van der Waals surface area contributed by atoms with Gasteiger partial charge in [-0.1, -0.05) is 34.8 Å². The largest absolute Gasteiger partial charge is 0.345 e. The van der Waals surface area contributed by atoms with Crippen LogP contribution in [0.25, 0.3) is 0 Å². The van der Waals surface area contributed by atoms with Gasteiger partial charge < -0.3 is 9.79 Å². The van der Waals surface area contributed by atoms with Gasteiger partial charge >= 0.3 is 0 Å². The van der Waals surface area contributed by atoms with Gasteiger partial charge in [-0.25, -0.2) is 0 Å². The molecule has 0 radical (unpaired) electrons. The van der Waals surface area contributed by atoms with Crippen molar-refractivity contribution in [3.05, 3.63) is 32.8 Å². The highest BCUT2D eigenvalue weighted by molar-refractivity contribution is 8.09. The highest BCUT2D eigenvalue weighted by Gasteiger charge is 2.11. The van der Waals surface area contributed by atoms with E-state index in [0.717, 1.165) is 0 Å². The summed E-state index contributed by atoms with van der Waals surface area (Å²) in [6, 6.07) is 3.14. The summed E-state index contributed by atoms with van der Waals surface area (Å²) in [6.45, 7) is -3.18. The van der Waals surface area contributed by atoms with Crippen molar-refractivity contribution in [2.45, 2.75) is 6.42 Å². The maximum Gasteiger partial charge on any atom is 0.183 e. The summed E-state index contributed by atoms with van der Waals surface area (Å²) in [4.78, 5) is 18.1. The molecule has 0 aromatic heterocycles. The quantitative estimate of drug-likeness (QED) is 0.663. The summed E-state index contributed by atoms with van der Waals surface area (Å²) in [7, 11) is 0. The Morgan fingerprint density at radius 1 is 1.07 bits per heavy atom. The van der Waals surface area contributed by atoms with Crippen molar-refractivity contribution in [3.8, 4) is 0 Å². The average Bonchev–Trinajstić information content (AvgIpc) is 2.07. The molecule has 0 spiro atoms. The minimum Gasteiger partial charge on any atom is -0.345 e. The lowest BCUT2D eigenvalue weighted by Gasteiger charge is -2.09. The maximum atomic E-state index is 9.07. The van der Waals surface area contributed by atoms with Crippen LogP contribution in [0, 0.1) is 0 Å². The van der Waals surface area contributed by atoms with E-state index < -0.39 is 6.49 Å². The normalized spacial score (nSPS) is 11.8. The fraction of sp³-hybridized carbons (Fsp3) is 0.250. The van der Waals surface area contributed by atoms with Gasteiger partial charge in [-0.2, -0.15) is 0 Å². The van der Waals surface area contributed by atoms with Crippen molar-refractivity contribution < 1.29 is 9.79 Å². The molecule has 0 unspecified atom stereocenters. The monoisotopic (exact) mass is 304 g/mol. The summed E-state index contributed by atoms with van der Waals surface area (Å²) in [5.74, 6) is 0. The first-order valence-electron chi connectivity index (χ1n) is 3.97. The molecule has 0 heterocycles. The van der Waals surface area contributed by atoms with Gasteiger partial charge in [0.1, 0.15) is 0 Å². The molecule has 0 saturated heterocycles. The third kappa shape index (κ3) is 4.58. The fourth-order valence-corrected chi connectivity index (χ4v) is 2.49. The molecule has 84 valence electrons. The highest BCUT2D eigenvalue weighted by atomic mass is 35.5. The van der Waals surface area contributed by atoms with Crippen LogP contribution in [0.3, 0.4) is 0 Å². The van der Waals surface area contributed by atoms with E-state index in [9.17, 15) is 0 Å². The standard InChI is InChI=1S/C8H8Cl3O2PS/c9-6-4-8(11)7(10)3-5(6)1-2-14(12,13)15/h3-4H,1-2H2,(H2,12,13,15). The van der Waals surface area contributed by atoms with Crippen LogP contribution in [0.4, 0.5) is 0 Å². The van der Waals surface area contributed by atoms with E-state index in [-0.39, 0.29) is 6.16 Å². The van der Waals surface area contributed by atoms with Crippen molar-refractivity contribution in [1.82, 2.24) is 0 Å². The highest BCUT2D eigenvalue weighted by Crippen LogP contribution is 2.37. The third-order valence-corrected chi connectivity index (χ3v) is 4.19. The lowest BCUT2D eigenvalue weighted by atomic mass is 10.2. The number of aryl methyl sites for hydroxylation is 1. The molecule has 0 fully saturated rings. The Morgan fingerprint density at radius 2 is 1.60 bits per heavy atom. The van der Waals surface area contributed by atoms with Crippen LogP contribution in [-0.2, 0) is 18.2 Å². The summed E-state index contributed by atoms with van der Waals surface area (Å²) < 4.78 is 0. The second-order valence-electron chi connectivity index (χ2n) is 3.00. The molecule has 1 rings (SSSR count). The molecular weight excluding hydrogens is 297 g/mol. The first-order chi connectivity index (χ1) is 6.79. The van der Waals surface area contributed by atoms with E-state index in [1.54, 1.807) is 6.07 Å². The molecule has 1 aromatic carbocycles. The van der Waals surface area contributed by atoms with Gasteiger partial charge in [0.05, 0.1) is 10.0 Å². The minimum atomic E-state index is -3.18. The zero-order valence-corrected chi connectivity index (χ0v) is 11.4. The lowest BCUT2D eigenvalue weighted by Crippen LogP contribution is -1.94. The van der Waals surface area contributed by atoms with E-state index in [1.165, 1.54) is 6.07 Å². The lowest BCUT2D eigenvalue weighted by molar-refractivity contribution is 0.478. The molecule has 15 heavy (non-hydrogen) atoms. The Balaban J connectivity index is 2.87. The molecular formula is C8H8Cl3O2PS.